The molecule has 5 nitrogen and oxygen atoms in total. The summed E-state index contributed by atoms with van der Waals surface area (Å²) in [5, 5.41) is 11.7. The summed E-state index contributed by atoms with van der Waals surface area (Å²) in [5.74, 6) is -1.64. The van der Waals surface area contributed by atoms with E-state index in [-0.39, 0.29) is 6.54 Å². The molecule has 0 radical (unpaired) electrons. The number of para-hydroxylation sites is 1. The van der Waals surface area contributed by atoms with E-state index in [9.17, 15) is 9.59 Å². The highest BCUT2D eigenvalue weighted by molar-refractivity contribution is 7.18. The number of rotatable bonds is 4. The fourth-order valence-electron chi connectivity index (χ4n) is 1.37. The van der Waals surface area contributed by atoms with Crippen molar-refractivity contribution in [1.29, 1.82) is 0 Å². The van der Waals surface area contributed by atoms with Gasteiger partial charge in [-0.1, -0.05) is 12.1 Å². The second kappa shape index (κ2) is 4.92. The van der Waals surface area contributed by atoms with Gasteiger partial charge in [-0.15, -0.1) is 11.3 Å². The van der Waals surface area contributed by atoms with Crippen LogP contribution in [0.2, 0.25) is 0 Å². The molecule has 0 aliphatic carbocycles. The van der Waals surface area contributed by atoms with Gasteiger partial charge in [-0.05, 0) is 12.1 Å². The minimum absolute atomic E-state index is 0.269. The molecule has 2 rings (SSSR count). The van der Waals surface area contributed by atoms with Crippen molar-refractivity contribution in [1.82, 2.24) is 10.3 Å². The highest BCUT2D eigenvalue weighted by Crippen LogP contribution is 2.21. The first-order valence-corrected chi connectivity index (χ1v) is 5.80. The third kappa shape index (κ3) is 3.01. The van der Waals surface area contributed by atoms with Crippen molar-refractivity contribution in [3.63, 3.8) is 0 Å². The molecule has 1 amide bonds. The number of thiazole rings is 1. The Morgan fingerprint density at radius 2 is 2.12 bits per heavy atom. The summed E-state index contributed by atoms with van der Waals surface area (Å²) >= 11 is 1.48. The van der Waals surface area contributed by atoms with Gasteiger partial charge in [0, 0.05) is 0 Å². The van der Waals surface area contributed by atoms with Gasteiger partial charge in [0.05, 0.1) is 16.8 Å². The summed E-state index contributed by atoms with van der Waals surface area (Å²) in [6.07, 6.45) is -0.509. The Kier molecular flexibility index (Phi) is 3.34. The number of fused-ring (bicyclic) bond motifs is 1. The maximum Gasteiger partial charge on any atom is 0.312 e. The largest absolute Gasteiger partial charge is 0.481 e. The van der Waals surface area contributed by atoms with Crippen LogP contribution in [0.4, 0.5) is 0 Å². The SMILES string of the molecule is O=C(O)CC(=O)NCc1nc2ccccc2s1. The fraction of sp³-hybridized carbons (Fsp3) is 0.182. The van der Waals surface area contributed by atoms with Crippen molar-refractivity contribution in [3.05, 3.63) is 29.3 Å². The zero-order valence-corrected chi connectivity index (χ0v) is 9.66. The van der Waals surface area contributed by atoms with E-state index in [1.165, 1.54) is 11.3 Å². The van der Waals surface area contributed by atoms with E-state index in [0.717, 1.165) is 15.2 Å². The Hall–Kier alpha value is -1.95. The van der Waals surface area contributed by atoms with Gasteiger partial charge in [0.25, 0.3) is 0 Å². The van der Waals surface area contributed by atoms with Crippen LogP contribution in [0.25, 0.3) is 10.2 Å². The van der Waals surface area contributed by atoms with Gasteiger partial charge in [0.2, 0.25) is 5.91 Å². The van der Waals surface area contributed by atoms with Crippen molar-refractivity contribution >= 4 is 33.4 Å². The topological polar surface area (TPSA) is 79.3 Å². The van der Waals surface area contributed by atoms with Crippen LogP contribution < -0.4 is 5.32 Å². The van der Waals surface area contributed by atoms with Crippen molar-refractivity contribution < 1.29 is 14.7 Å². The van der Waals surface area contributed by atoms with E-state index < -0.39 is 18.3 Å². The third-order valence-corrected chi connectivity index (χ3v) is 3.12. The molecular weight excluding hydrogens is 240 g/mol. The molecule has 0 aliphatic heterocycles. The molecule has 0 bridgehead atoms. The van der Waals surface area contributed by atoms with Gasteiger partial charge < -0.3 is 10.4 Å². The lowest BCUT2D eigenvalue weighted by atomic mass is 10.3. The molecule has 0 aliphatic rings. The van der Waals surface area contributed by atoms with Crippen molar-refractivity contribution in [2.45, 2.75) is 13.0 Å². The van der Waals surface area contributed by atoms with Crippen LogP contribution in [0.5, 0.6) is 0 Å². The average molecular weight is 250 g/mol. The molecule has 17 heavy (non-hydrogen) atoms. The first-order valence-electron chi connectivity index (χ1n) is 4.98. The van der Waals surface area contributed by atoms with Gasteiger partial charge >= 0.3 is 5.97 Å². The molecule has 2 N–H and O–H groups in total. The van der Waals surface area contributed by atoms with E-state index >= 15 is 0 Å². The van der Waals surface area contributed by atoms with E-state index in [0.29, 0.717) is 0 Å². The normalized spacial score (nSPS) is 10.4. The molecule has 2 aromatic rings. The van der Waals surface area contributed by atoms with Crippen LogP contribution >= 0.6 is 11.3 Å². The zero-order chi connectivity index (χ0) is 12.3. The molecule has 1 aromatic carbocycles. The van der Waals surface area contributed by atoms with E-state index in [4.69, 9.17) is 5.11 Å². The molecule has 1 aromatic heterocycles. The molecule has 0 atom stereocenters. The van der Waals surface area contributed by atoms with E-state index in [2.05, 4.69) is 10.3 Å². The smallest absolute Gasteiger partial charge is 0.312 e. The van der Waals surface area contributed by atoms with Crippen LogP contribution in [0.15, 0.2) is 24.3 Å². The predicted octanol–water partition coefficient (Wildman–Crippen LogP) is 1.39. The lowest BCUT2D eigenvalue weighted by molar-refractivity contribution is -0.140. The van der Waals surface area contributed by atoms with Gasteiger partial charge in [-0.25, -0.2) is 4.98 Å². The number of nitrogens with one attached hydrogen (secondary N) is 1. The number of hydrogen-bond donors (Lipinski definition) is 2. The van der Waals surface area contributed by atoms with Crippen LogP contribution in [-0.2, 0) is 16.1 Å². The van der Waals surface area contributed by atoms with E-state index in [1.807, 2.05) is 24.3 Å². The number of aromatic nitrogens is 1. The molecule has 0 unspecified atom stereocenters. The van der Waals surface area contributed by atoms with Crippen LogP contribution in [0, 0.1) is 0 Å². The number of aliphatic carboxylic acids is 1. The lowest BCUT2D eigenvalue weighted by Crippen LogP contribution is -2.24. The number of carbonyl (C=O) groups is 2. The molecule has 0 saturated carbocycles. The number of benzene rings is 1. The van der Waals surface area contributed by atoms with Crippen molar-refractivity contribution in [2.75, 3.05) is 0 Å². The monoisotopic (exact) mass is 250 g/mol. The summed E-state index contributed by atoms with van der Waals surface area (Å²) in [7, 11) is 0. The first-order chi connectivity index (χ1) is 8.15. The maximum absolute atomic E-state index is 11.1. The minimum atomic E-state index is -1.13. The fourth-order valence-corrected chi connectivity index (χ4v) is 2.28. The standard InChI is InChI=1S/C11H10N2O3S/c14-9(5-11(15)16)12-6-10-13-7-3-1-2-4-8(7)17-10/h1-4H,5-6H2,(H,12,14)(H,15,16). The molecule has 1 heterocycles. The lowest BCUT2D eigenvalue weighted by Gasteiger charge is -1.99. The number of carboxylic acid groups (broad SMARTS) is 1. The molecular formula is C11H10N2O3S. The maximum atomic E-state index is 11.1. The first kappa shape index (κ1) is 11.5. The number of carboxylic acids is 1. The van der Waals surface area contributed by atoms with Crippen LogP contribution in [0.1, 0.15) is 11.4 Å². The molecule has 88 valence electrons. The van der Waals surface area contributed by atoms with E-state index in [1.54, 1.807) is 0 Å². The van der Waals surface area contributed by atoms with Crippen LogP contribution in [-0.4, -0.2) is 22.0 Å². The van der Waals surface area contributed by atoms with Crippen LogP contribution in [0.3, 0.4) is 0 Å². The predicted molar refractivity (Wildman–Crippen MR) is 63.7 cm³/mol. The summed E-state index contributed by atoms with van der Waals surface area (Å²) in [5.41, 5.74) is 0.889. The Labute approximate surface area is 101 Å². The third-order valence-electron chi connectivity index (χ3n) is 2.09. The number of nitrogens with zero attached hydrogens (tertiary/aromatic N) is 1. The number of carbonyl (C=O) groups excluding carboxylic acids is 1. The minimum Gasteiger partial charge on any atom is -0.481 e. The van der Waals surface area contributed by atoms with Gasteiger partial charge in [-0.2, -0.15) is 0 Å². The highest BCUT2D eigenvalue weighted by Gasteiger charge is 2.08. The zero-order valence-electron chi connectivity index (χ0n) is 8.84. The second-order valence-corrected chi connectivity index (χ2v) is 4.54. The second-order valence-electron chi connectivity index (χ2n) is 3.42. The summed E-state index contributed by atoms with van der Waals surface area (Å²) in [6, 6.07) is 7.67. The Balaban J connectivity index is 1.99. The van der Waals surface area contributed by atoms with Gasteiger partial charge in [0.1, 0.15) is 11.4 Å². The molecule has 6 heteroatoms. The Morgan fingerprint density at radius 1 is 1.35 bits per heavy atom. The quantitative estimate of drug-likeness (QED) is 0.803. The highest BCUT2D eigenvalue weighted by atomic mass is 32.1. The van der Waals surface area contributed by atoms with Gasteiger partial charge in [0.15, 0.2) is 0 Å². The Morgan fingerprint density at radius 3 is 2.82 bits per heavy atom. The van der Waals surface area contributed by atoms with Gasteiger partial charge in [-0.3, -0.25) is 9.59 Å². The summed E-state index contributed by atoms with van der Waals surface area (Å²) in [4.78, 5) is 25.7. The van der Waals surface area contributed by atoms with Crippen molar-refractivity contribution in [3.8, 4) is 0 Å². The summed E-state index contributed by atoms with van der Waals surface area (Å²) in [6.45, 7) is 0.269. The average Bonchev–Trinajstić information content (AvgIpc) is 2.68. The number of hydrogen-bond acceptors (Lipinski definition) is 4. The summed E-state index contributed by atoms with van der Waals surface area (Å²) < 4.78 is 1.05. The molecule has 0 fully saturated rings. The Bertz CT molecular complexity index is 532. The molecule has 0 spiro atoms. The number of amides is 1. The van der Waals surface area contributed by atoms with Crippen molar-refractivity contribution in [2.24, 2.45) is 0 Å². The molecule has 0 saturated heterocycles.